The van der Waals surface area contributed by atoms with E-state index in [9.17, 15) is 27.6 Å². The van der Waals surface area contributed by atoms with Gasteiger partial charge in [0.05, 0.1) is 35.4 Å². The Hall–Kier alpha value is -4.57. The summed E-state index contributed by atoms with van der Waals surface area (Å²) < 4.78 is 67.6. The molecule has 3 aromatic rings. The summed E-state index contributed by atoms with van der Waals surface area (Å²) in [6.45, 7) is 5.26. The Morgan fingerprint density at radius 3 is 2.47 bits per heavy atom. The quantitative estimate of drug-likeness (QED) is 0.124. The Kier molecular flexibility index (Phi) is 12.0. The molecule has 49 heavy (non-hydrogen) atoms. The van der Waals surface area contributed by atoms with Crippen LogP contribution in [0.1, 0.15) is 54.9 Å². The van der Waals surface area contributed by atoms with E-state index in [0.717, 1.165) is 0 Å². The van der Waals surface area contributed by atoms with Crippen LogP contribution in [0.3, 0.4) is 0 Å². The number of aliphatic hydroxyl groups is 1. The van der Waals surface area contributed by atoms with Crippen LogP contribution in [-0.4, -0.2) is 69.1 Å². The Morgan fingerprint density at radius 1 is 1.14 bits per heavy atom. The number of anilines is 2. The summed E-state index contributed by atoms with van der Waals surface area (Å²) in [5.41, 5.74) is -0.355. The zero-order valence-electron chi connectivity index (χ0n) is 27.6. The van der Waals surface area contributed by atoms with E-state index in [0.29, 0.717) is 41.2 Å². The Labute approximate surface area is 281 Å². The van der Waals surface area contributed by atoms with Gasteiger partial charge in [-0.2, -0.15) is 18.3 Å². The molecule has 1 aliphatic heterocycles. The molecule has 1 unspecified atom stereocenters. The first kappa shape index (κ1) is 37.3. The van der Waals surface area contributed by atoms with Gasteiger partial charge in [-0.25, -0.2) is 9.98 Å². The molecule has 0 radical (unpaired) electrons. The standard InChI is InChI=1S/C31H38F3N8O6P/c1-6-30(7-2)26(31(32,33)34)27(39-29(40-30)38-22-10-9-19(15-24(22)47-5)17-48-49(45)46)37-23-12-11-21(36-25(23)28(44)35-4)20-16-42(13-8-14-43)41-18(20)3/h9-12,15-16,43H,6-8,13-14,17H2,1-5H3,(H4-,35,37,38,39,40,44,45,46)/p+1. The SMILES string of the molecule is CCC1(CC)N=C(Nc2ccc(CO[P+](=O)O)cc2OC)NC(Nc2ccc(-c3cn(CCCO)nc3C)nc2C(=O)NC)=C1C(F)(F)F. The van der Waals surface area contributed by atoms with Gasteiger partial charge in [-0.05, 0) is 56.0 Å². The van der Waals surface area contributed by atoms with Crippen LogP contribution in [0.15, 0.2) is 52.9 Å². The predicted molar refractivity (Wildman–Crippen MR) is 177 cm³/mol. The largest absolute Gasteiger partial charge is 0.695 e. The van der Waals surface area contributed by atoms with Crippen molar-refractivity contribution in [3.63, 3.8) is 0 Å². The third-order valence-electron chi connectivity index (χ3n) is 7.96. The van der Waals surface area contributed by atoms with Gasteiger partial charge < -0.3 is 31.1 Å². The number of carbonyl (C=O) groups is 1. The number of carbonyl (C=O) groups excluding carboxylic acids is 1. The van der Waals surface area contributed by atoms with E-state index in [-0.39, 0.29) is 49.1 Å². The van der Waals surface area contributed by atoms with E-state index in [4.69, 9.17) is 14.2 Å². The number of benzene rings is 1. The highest BCUT2D eigenvalue weighted by molar-refractivity contribution is 7.32. The zero-order chi connectivity index (χ0) is 35.9. The van der Waals surface area contributed by atoms with Gasteiger partial charge in [0.2, 0.25) is 5.96 Å². The van der Waals surface area contributed by atoms with Crippen LogP contribution in [0, 0.1) is 6.92 Å². The van der Waals surface area contributed by atoms with Crippen molar-refractivity contribution in [2.75, 3.05) is 31.4 Å². The molecule has 0 bridgehead atoms. The van der Waals surface area contributed by atoms with Crippen LogP contribution in [0.25, 0.3) is 11.3 Å². The first-order valence-corrected chi connectivity index (χ1v) is 16.5. The van der Waals surface area contributed by atoms with Gasteiger partial charge in [-0.15, -0.1) is 9.42 Å². The number of aliphatic imine (C=N–C) groups is 1. The number of guanidine groups is 1. The van der Waals surface area contributed by atoms with Crippen LogP contribution in [0.4, 0.5) is 24.5 Å². The second kappa shape index (κ2) is 15.8. The topological polar surface area (TPSA) is 184 Å². The van der Waals surface area contributed by atoms with E-state index in [1.165, 1.54) is 20.2 Å². The molecule has 0 saturated heterocycles. The minimum atomic E-state index is -4.83. The maximum Gasteiger partial charge on any atom is 0.695 e. The molecule has 4 rings (SSSR count). The van der Waals surface area contributed by atoms with Crippen LogP contribution in [0.5, 0.6) is 5.75 Å². The van der Waals surface area contributed by atoms with Crippen molar-refractivity contribution in [3.8, 4) is 17.0 Å². The number of aryl methyl sites for hydroxylation is 2. The second-order valence-electron chi connectivity index (χ2n) is 11.0. The van der Waals surface area contributed by atoms with E-state index >= 15 is 0 Å². The molecule has 264 valence electrons. The Morgan fingerprint density at radius 2 is 1.86 bits per heavy atom. The smallest absolute Gasteiger partial charge is 0.495 e. The third-order valence-corrected chi connectivity index (χ3v) is 8.31. The molecule has 0 fully saturated rings. The number of hydrogen-bond donors (Lipinski definition) is 6. The van der Waals surface area contributed by atoms with Gasteiger partial charge in [0.25, 0.3) is 5.91 Å². The first-order valence-electron chi connectivity index (χ1n) is 15.4. The minimum Gasteiger partial charge on any atom is -0.495 e. The lowest BCUT2D eigenvalue weighted by atomic mass is 9.83. The molecule has 0 saturated carbocycles. The second-order valence-corrected chi connectivity index (χ2v) is 11.7. The van der Waals surface area contributed by atoms with Gasteiger partial charge in [-0.3, -0.25) is 9.48 Å². The Balaban J connectivity index is 1.77. The van der Waals surface area contributed by atoms with Crippen molar-refractivity contribution >= 4 is 31.5 Å². The highest BCUT2D eigenvalue weighted by Gasteiger charge is 2.51. The van der Waals surface area contributed by atoms with Crippen LogP contribution in [-0.2, 0) is 22.2 Å². The van der Waals surface area contributed by atoms with Crippen molar-refractivity contribution < 1.29 is 41.8 Å². The Bertz CT molecular complexity index is 1760. The molecular weight excluding hydrogens is 668 g/mol. The predicted octanol–water partition coefficient (Wildman–Crippen LogP) is 4.99. The van der Waals surface area contributed by atoms with Crippen molar-refractivity contribution in [2.45, 2.75) is 64.9 Å². The minimum absolute atomic E-state index is 0.00387. The van der Waals surface area contributed by atoms with Gasteiger partial charge in [0, 0.05) is 36.5 Å². The summed E-state index contributed by atoms with van der Waals surface area (Å²) in [7, 11) is -0.0382. The van der Waals surface area contributed by atoms with Gasteiger partial charge in [0.1, 0.15) is 23.8 Å². The van der Waals surface area contributed by atoms with Gasteiger partial charge in [-0.1, -0.05) is 19.9 Å². The fourth-order valence-electron chi connectivity index (χ4n) is 5.47. The van der Waals surface area contributed by atoms with E-state index in [1.54, 1.807) is 55.9 Å². The van der Waals surface area contributed by atoms with Crippen molar-refractivity contribution in [2.24, 2.45) is 4.99 Å². The van der Waals surface area contributed by atoms with E-state index < -0.39 is 37.3 Å². The summed E-state index contributed by atoms with van der Waals surface area (Å²) >= 11 is 0. The first-order chi connectivity index (χ1) is 23.3. The summed E-state index contributed by atoms with van der Waals surface area (Å²) in [5.74, 6) is -0.841. The number of ether oxygens (including phenoxy) is 1. The number of pyridine rings is 1. The average Bonchev–Trinajstić information content (AvgIpc) is 3.45. The molecule has 3 heterocycles. The molecular formula is C31H39F3N8O6P+. The molecule has 1 aliphatic rings. The number of aromatic nitrogens is 3. The number of hydrogen-bond acceptors (Lipinski definition) is 11. The number of nitrogens with one attached hydrogen (secondary N) is 4. The van der Waals surface area contributed by atoms with Gasteiger partial charge in [0.15, 0.2) is 5.69 Å². The van der Waals surface area contributed by atoms with Crippen molar-refractivity contribution in [1.82, 2.24) is 25.4 Å². The van der Waals surface area contributed by atoms with Crippen LogP contribution < -0.4 is 26.0 Å². The molecule has 14 nitrogen and oxygen atoms in total. The highest BCUT2D eigenvalue weighted by Crippen LogP contribution is 2.44. The van der Waals surface area contributed by atoms with E-state index in [1.807, 2.05) is 0 Å². The number of amides is 1. The number of rotatable bonds is 14. The van der Waals surface area contributed by atoms with Crippen LogP contribution >= 0.6 is 8.25 Å². The molecule has 1 atom stereocenters. The average molecular weight is 708 g/mol. The highest BCUT2D eigenvalue weighted by atomic mass is 31.1. The molecule has 18 heteroatoms. The lowest BCUT2D eigenvalue weighted by Gasteiger charge is -2.38. The lowest BCUT2D eigenvalue weighted by Crippen LogP contribution is -2.49. The van der Waals surface area contributed by atoms with Gasteiger partial charge >= 0.3 is 14.4 Å². The molecule has 0 aliphatic carbocycles. The van der Waals surface area contributed by atoms with Crippen molar-refractivity contribution in [3.05, 3.63) is 64.9 Å². The maximum atomic E-state index is 14.9. The number of nitrogens with zero attached hydrogens (tertiary/aromatic N) is 4. The molecule has 1 amide bonds. The normalized spacial score (nSPS) is 14.6. The summed E-state index contributed by atoms with van der Waals surface area (Å²) in [4.78, 5) is 31.1. The summed E-state index contributed by atoms with van der Waals surface area (Å²) in [6, 6.07) is 7.77. The monoisotopic (exact) mass is 707 g/mol. The van der Waals surface area contributed by atoms with E-state index in [2.05, 4.69) is 36.3 Å². The molecule has 0 spiro atoms. The van der Waals surface area contributed by atoms with Crippen LogP contribution in [0.2, 0.25) is 0 Å². The fourth-order valence-corrected chi connectivity index (χ4v) is 5.73. The fraction of sp³-hybridized carbons (Fsp3) is 0.419. The number of halogens is 3. The zero-order valence-corrected chi connectivity index (χ0v) is 28.5. The molecule has 1 aromatic carbocycles. The number of alkyl halides is 3. The number of aliphatic hydroxyl groups excluding tert-OH is 1. The van der Waals surface area contributed by atoms with Crippen molar-refractivity contribution in [1.29, 1.82) is 0 Å². The third kappa shape index (κ3) is 8.54. The molecule has 6 N–H and O–H groups in total. The maximum absolute atomic E-state index is 14.9. The number of methoxy groups -OCH3 is 1. The summed E-state index contributed by atoms with van der Waals surface area (Å²) in [5, 5.41) is 24.7. The lowest BCUT2D eigenvalue weighted by molar-refractivity contribution is -0.103. The molecule has 2 aromatic heterocycles. The summed E-state index contributed by atoms with van der Waals surface area (Å²) in [6.07, 6.45) is -2.63.